The highest BCUT2D eigenvalue weighted by Crippen LogP contribution is 2.16. The molecule has 0 aliphatic rings. The van der Waals surface area contributed by atoms with Crippen molar-refractivity contribution < 1.29 is 0 Å². The first-order valence-corrected chi connectivity index (χ1v) is 6.91. The molecule has 1 heterocycles. The fourth-order valence-electron chi connectivity index (χ4n) is 1.47. The lowest BCUT2D eigenvalue weighted by Crippen LogP contribution is -2.24. The average Bonchev–Trinajstić information content (AvgIpc) is 2.32. The summed E-state index contributed by atoms with van der Waals surface area (Å²) in [5, 5.41) is 0. The van der Waals surface area contributed by atoms with Crippen LogP contribution >= 0.6 is 38.5 Å². The monoisotopic (exact) mass is 404 g/mol. The van der Waals surface area contributed by atoms with Gasteiger partial charge in [-0.1, -0.05) is 34.1 Å². The Balaban J connectivity index is 2.41. The van der Waals surface area contributed by atoms with Crippen molar-refractivity contribution >= 4 is 38.5 Å². The number of hydrogen-bond donors (Lipinski definition) is 0. The van der Waals surface area contributed by atoms with Crippen LogP contribution in [0.2, 0.25) is 0 Å². The summed E-state index contributed by atoms with van der Waals surface area (Å²) in [4.78, 5) is 16.2. The third kappa shape index (κ3) is 2.77. The molecule has 0 bridgehead atoms. The van der Waals surface area contributed by atoms with Crippen LogP contribution in [0.3, 0.4) is 0 Å². The highest BCUT2D eigenvalue weighted by atomic mass is 127. The maximum atomic E-state index is 12.0. The topological polar surface area (TPSA) is 34.9 Å². The molecule has 0 aliphatic heterocycles. The second-order valence-electron chi connectivity index (χ2n) is 3.67. The first-order chi connectivity index (χ1) is 8.09. The van der Waals surface area contributed by atoms with Crippen LogP contribution in [-0.4, -0.2) is 9.55 Å². The third-order valence-electron chi connectivity index (χ3n) is 2.46. The SMILES string of the molecule is Cc1ncn(Cc2ccccc2Br)c(=O)c1I. The number of aryl methyl sites for hydroxylation is 1. The van der Waals surface area contributed by atoms with Crippen LogP contribution in [0.1, 0.15) is 11.3 Å². The van der Waals surface area contributed by atoms with Crippen LogP contribution in [0.4, 0.5) is 0 Å². The van der Waals surface area contributed by atoms with Crippen LogP contribution in [-0.2, 0) is 6.54 Å². The smallest absolute Gasteiger partial charge is 0.267 e. The summed E-state index contributed by atoms with van der Waals surface area (Å²) >= 11 is 5.51. The van der Waals surface area contributed by atoms with E-state index in [1.807, 2.05) is 53.8 Å². The Labute approximate surface area is 121 Å². The van der Waals surface area contributed by atoms with E-state index >= 15 is 0 Å². The van der Waals surface area contributed by atoms with Gasteiger partial charge in [-0.3, -0.25) is 9.36 Å². The van der Waals surface area contributed by atoms with Gasteiger partial charge in [0.05, 0.1) is 22.1 Å². The molecule has 1 aromatic heterocycles. The Bertz CT molecular complexity index is 610. The number of halogens is 2. The minimum Gasteiger partial charge on any atom is -0.294 e. The fraction of sp³-hybridized carbons (Fsp3) is 0.167. The minimum atomic E-state index is 0.00820. The van der Waals surface area contributed by atoms with Gasteiger partial charge in [-0.05, 0) is 41.1 Å². The summed E-state index contributed by atoms with van der Waals surface area (Å²) < 4.78 is 3.30. The van der Waals surface area contributed by atoms with Crippen LogP contribution in [0.15, 0.2) is 39.9 Å². The number of benzene rings is 1. The molecule has 0 N–H and O–H groups in total. The Morgan fingerprint density at radius 3 is 2.82 bits per heavy atom. The van der Waals surface area contributed by atoms with Crippen LogP contribution in [0.25, 0.3) is 0 Å². The molecule has 0 saturated heterocycles. The van der Waals surface area contributed by atoms with Crippen LogP contribution in [0, 0.1) is 10.5 Å². The van der Waals surface area contributed by atoms with Gasteiger partial charge in [-0.2, -0.15) is 0 Å². The summed E-state index contributed by atoms with van der Waals surface area (Å²) in [5.74, 6) is 0. The van der Waals surface area contributed by atoms with Gasteiger partial charge in [-0.25, -0.2) is 4.98 Å². The molecule has 3 nitrogen and oxygen atoms in total. The molecule has 0 amide bonds. The molecule has 1 aromatic carbocycles. The summed E-state index contributed by atoms with van der Waals surface area (Å²) in [6, 6.07) is 7.86. The molecule has 2 rings (SSSR count). The van der Waals surface area contributed by atoms with Crippen molar-refractivity contribution in [1.82, 2.24) is 9.55 Å². The molecule has 0 saturated carbocycles. The predicted molar refractivity (Wildman–Crippen MR) is 79.2 cm³/mol. The molecule has 0 fully saturated rings. The molecular formula is C12H10BrIN2O. The normalized spacial score (nSPS) is 10.5. The summed E-state index contributed by atoms with van der Waals surface area (Å²) in [5.41, 5.74) is 1.85. The molecule has 0 atom stereocenters. The van der Waals surface area contributed by atoms with Crippen LogP contribution in [0.5, 0.6) is 0 Å². The molecule has 0 radical (unpaired) electrons. The van der Waals surface area contributed by atoms with E-state index in [0.717, 1.165) is 15.7 Å². The minimum absolute atomic E-state index is 0.00820. The van der Waals surface area contributed by atoms with E-state index in [0.29, 0.717) is 10.1 Å². The fourth-order valence-corrected chi connectivity index (χ4v) is 2.33. The number of rotatable bonds is 2. The van der Waals surface area contributed by atoms with Gasteiger partial charge in [-0.15, -0.1) is 0 Å². The average molecular weight is 405 g/mol. The van der Waals surface area contributed by atoms with Gasteiger partial charge in [0.1, 0.15) is 0 Å². The summed E-state index contributed by atoms with van der Waals surface area (Å²) in [6.07, 6.45) is 1.60. The second-order valence-corrected chi connectivity index (χ2v) is 5.60. The van der Waals surface area contributed by atoms with E-state index in [-0.39, 0.29) is 5.56 Å². The second kappa shape index (κ2) is 5.30. The Kier molecular flexibility index (Phi) is 3.98. The van der Waals surface area contributed by atoms with Gasteiger partial charge in [0.15, 0.2) is 0 Å². The largest absolute Gasteiger partial charge is 0.294 e. The standard InChI is InChI=1S/C12H10BrIN2O/c1-8-11(14)12(17)16(7-15-8)6-9-4-2-3-5-10(9)13/h2-5,7H,6H2,1H3. The Morgan fingerprint density at radius 1 is 1.41 bits per heavy atom. The Morgan fingerprint density at radius 2 is 2.12 bits per heavy atom. The molecule has 0 aliphatic carbocycles. The van der Waals surface area contributed by atoms with Crippen molar-refractivity contribution in [3.8, 4) is 0 Å². The molecule has 2 aromatic rings. The predicted octanol–water partition coefficient (Wildman–Crippen LogP) is 2.97. The molecule has 17 heavy (non-hydrogen) atoms. The first kappa shape index (κ1) is 12.8. The van der Waals surface area contributed by atoms with Crippen molar-refractivity contribution in [1.29, 1.82) is 0 Å². The van der Waals surface area contributed by atoms with E-state index in [4.69, 9.17) is 0 Å². The molecular weight excluding hydrogens is 395 g/mol. The van der Waals surface area contributed by atoms with Crippen molar-refractivity contribution in [2.45, 2.75) is 13.5 Å². The van der Waals surface area contributed by atoms with Crippen LogP contribution < -0.4 is 5.56 Å². The van der Waals surface area contributed by atoms with Gasteiger partial charge in [0.25, 0.3) is 5.56 Å². The van der Waals surface area contributed by atoms with E-state index in [9.17, 15) is 4.79 Å². The Hall–Kier alpha value is -0.690. The van der Waals surface area contributed by atoms with Gasteiger partial charge in [0.2, 0.25) is 0 Å². The maximum Gasteiger partial charge on any atom is 0.267 e. The maximum absolute atomic E-state index is 12.0. The zero-order valence-electron chi connectivity index (χ0n) is 9.15. The lowest BCUT2D eigenvalue weighted by molar-refractivity contribution is 0.721. The molecule has 0 spiro atoms. The van der Waals surface area contributed by atoms with Crippen molar-refractivity contribution in [3.05, 3.63) is 60.2 Å². The number of nitrogens with zero attached hydrogens (tertiary/aromatic N) is 2. The highest BCUT2D eigenvalue weighted by molar-refractivity contribution is 14.1. The third-order valence-corrected chi connectivity index (χ3v) is 4.47. The van der Waals surface area contributed by atoms with E-state index in [1.165, 1.54) is 0 Å². The first-order valence-electron chi connectivity index (χ1n) is 5.04. The summed E-state index contributed by atoms with van der Waals surface area (Å²) in [6.45, 7) is 2.37. The van der Waals surface area contributed by atoms with Gasteiger partial charge < -0.3 is 0 Å². The van der Waals surface area contributed by atoms with Gasteiger partial charge >= 0.3 is 0 Å². The van der Waals surface area contributed by atoms with Crippen molar-refractivity contribution in [2.24, 2.45) is 0 Å². The molecule has 88 valence electrons. The highest BCUT2D eigenvalue weighted by Gasteiger charge is 2.06. The van der Waals surface area contributed by atoms with E-state index < -0.39 is 0 Å². The summed E-state index contributed by atoms with van der Waals surface area (Å²) in [7, 11) is 0. The zero-order valence-corrected chi connectivity index (χ0v) is 12.9. The molecule has 0 unspecified atom stereocenters. The zero-order chi connectivity index (χ0) is 12.4. The van der Waals surface area contributed by atoms with Crippen molar-refractivity contribution in [2.75, 3.05) is 0 Å². The molecule has 5 heteroatoms. The van der Waals surface area contributed by atoms with Crippen molar-refractivity contribution in [3.63, 3.8) is 0 Å². The lowest BCUT2D eigenvalue weighted by Gasteiger charge is -2.08. The number of aromatic nitrogens is 2. The van der Waals surface area contributed by atoms with E-state index in [1.54, 1.807) is 10.9 Å². The lowest BCUT2D eigenvalue weighted by atomic mass is 10.2. The quantitative estimate of drug-likeness (QED) is 0.721. The van der Waals surface area contributed by atoms with Gasteiger partial charge in [0, 0.05) is 4.47 Å². The number of hydrogen-bond acceptors (Lipinski definition) is 2. The van der Waals surface area contributed by atoms with E-state index in [2.05, 4.69) is 20.9 Å².